The predicted octanol–water partition coefficient (Wildman–Crippen LogP) is 4.60. The lowest BCUT2D eigenvalue weighted by atomic mass is 10.1. The summed E-state index contributed by atoms with van der Waals surface area (Å²) in [7, 11) is 0. The van der Waals surface area contributed by atoms with E-state index in [1.807, 2.05) is 43.5 Å². The summed E-state index contributed by atoms with van der Waals surface area (Å²) >= 11 is 1.49. The van der Waals surface area contributed by atoms with Gasteiger partial charge in [0.1, 0.15) is 18.1 Å². The van der Waals surface area contributed by atoms with Crippen LogP contribution in [-0.4, -0.2) is 72.2 Å². The molecule has 0 bridgehead atoms. The van der Waals surface area contributed by atoms with Crippen molar-refractivity contribution in [2.75, 3.05) is 44.6 Å². The Morgan fingerprint density at radius 2 is 1.89 bits per heavy atom. The topological polar surface area (TPSA) is 92.9 Å². The number of ether oxygens (including phenoxy) is 2. The molecular weight excluding hydrogens is 486 g/mol. The zero-order chi connectivity index (χ0) is 25.8. The molecule has 1 aliphatic heterocycles. The second-order valence-electron chi connectivity index (χ2n) is 9.89. The van der Waals surface area contributed by atoms with Crippen LogP contribution in [0.15, 0.2) is 47.8 Å². The van der Waals surface area contributed by atoms with Crippen molar-refractivity contribution in [3.05, 3.63) is 53.4 Å². The Morgan fingerprint density at radius 1 is 1.14 bits per heavy atom. The van der Waals surface area contributed by atoms with Crippen molar-refractivity contribution < 1.29 is 14.3 Å². The fourth-order valence-corrected chi connectivity index (χ4v) is 5.25. The molecule has 2 aromatic carbocycles. The maximum atomic E-state index is 11.7. The van der Waals surface area contributed by atoms with Crippen molar-refractivity contribution in [1.29, 1.82) is 0 Å². The number of rotatable bonds is 11. The van der Waals surface area contributed by atoms with Gasteiger partial charge in [0, 0.05) is 55.3 Å². The summed E-state index contributed by atoms with van der Waals surface area (Å²) in [5.41, 5.74) is 8.41. The Hall–Kier alpha value is -3.14. The standard InChI is InChI=1S/C28H35N5O3S/c1-19(2)36-26-10-5-21(27(29)34)17-24(26)30-28-31-25(18-37-28)20-3-8-23(9-4-20)35-16-15-32-11-13-33(14-12-32)22-6-7-22/h3-5,8-10,17-19,22H,6-7,11-16H2,1-2H3,(H2,29,34)(H,30,31). The van der Waals surface area contributed by atoms with Gasteiger partial charge in [0.15, 0.2) is 5.13 Å². The summed E-state index contributed by atoms with van der Waals surface area (Å²) in [5, 5.41) is 5.99. The van der Waals surface area contributed by atoms with Crippen molar-refractivity contribution in [2.45, 2.75) is 38.8 Å². The highest BCUT2D eigenvalue weighted by Gasteiger charge is 2.30. The van der Waals surface area contributed by atoms with E-state index in [9.17, 15) is 4.79 Å². The van der Waals surface area contributed by atoms with Gasteiger partial charge in [0.2, 0.25) is 5.91 Å². The van der Waals surface area contributed by atoms with Crippen LogP contribution in [0.1, 0.15) is 37.0 Å². The Balaban J connectivity index is 1.15. The largest absolute Gasteiger partial charge is 0.492 e. The number of carbonyl (C=O) groups is 1. The molecule has 9 heteroatoms. The lowest BCUT2D eigenvalue weighted by Crippen LogP contribution is -2.48. The monoisotopic (exact) mass is 521 g/mol. The van der Waals surface area contributed by atoms with E-state index in [0.29, 0.717) is 28.7 Å². The average molecular weight is 522 g/mol. The first-order valence-electron chi connectivity index (χ1n) is 13.0. The summed E-state index contributed by atoms with van der Waals surface area (Å²) in [6, 6.07) is 14.0. The van der Waals surface area contributed by atoms with Crippen molar-refractivity contribution in [3.8, 4) is 22.8 Å². The maximum absolute atomic E-state index is 11.7. The quantitative estimate of drug-likeness (QED) is 0.381. The van der Waals surface area contributed by atoms with E-state index in [4.69, 9.17) is 20.2 Å². The van der Waals surface area contributed by atoms with Gasteiger partial charge in [0.05, 0.1) is 17.5 Å². The molecular formula is C28H35N5O3S. The minimum atomic E-state index is -0.488. The number of hydrogen-bond acceptors (Lipinski definition) is 8. The van der Waals surface area contributed by atoms with Crippen LogP contribution in [-0.2, 0) is 0 Å². The van der Waals surface area contributed by atoms with Gasteiger partial charge in [-0.25, -0.2) is 4.98 Å². The van der Waals surface area contributed by atoms with E-state index in [1.165, 1.54) is 37.3 Å². The zero-order valence-electron chi connectivity index (χ0n) is 21.5. The third-order valence-corrected chi connectivity index (χ3v) is 7.43. The highest BCUT2D eigenvalue weighted by atomic mass is 32.1. The zero-order valence-corrected chi connectivity index (χ0v) is 22.3. The Kier molecular flexibility index (Phi) is 7.93. The summed E-state index contributed by atoms with van der Waals surface area (Å²) in [4.78, 5) is 21.5. The van der Waals surface area contributed by atoms with E-state index in [-0.39, 0.29) is 6.10 Å². The van der Waals surface area contributed by atoms with Gasteiger partial charge in [-0.05, 0) is 69.2 Å². The van der Waals surface area contributed by atoms with Crippen LogP contribution in [0, 0.1) is 0 Å². The Labute approximate surface area is 222 Å². The summed E-state index contributed by atoms with van der Waals surface area (Å²) < 4.78 is 11.9. The Bertz CT molecular complexity index is 1200. The summed E-state index contributed by atoms with van der Waals surface area (Å²) in [6.45, 7) is 10.2. The van der Waals surface area contributed by atoms with Crippen molar-refractivity contribution in [1.82, 2.24) is 14.8 Å². The third-order valence-electron chi connectivity index (χ3n) is 6.67. The molecule has 8 nitrogen and oxygen atoms in total. The van der Waals surface area contributed by atoms with Gasteiger partial charge < -0.3 is 20.5 Å². The highest BCUT2D eigenvalue weighted by molar-refractivity contribution is 7.14. The number of nitrogens with zero attached hydrogens (tertiary/aromatic N) is 3. The van der Waals surface area contributed by atoms with E-state index in [1.54, 1.807) is 18.2 Å². The molecule has 1 aromatic heterocycles. The first kappa shape index (κ1) is 25.5. The number of amides is 1. The van der Waals surface area contributed by atoms with Crippen molar-refractivity contribution >= 4 is 28.1 Å². The highest BCUT2D eigenvalue weighted by Crippen LogP contribution is 2.33. The first-order valence-corrected chi connectivity index (χ1v) is 13.9. The molecule has 2 fully saturated rings. The van der Waals surface area contributed by atoms with Gasteiger partial charge in [-0.2, -0.15) is 0 Å². The Morgan fingerprint density at radius 3 is 2.57 bits per heavy atom. The van der Waals surface area contributed by atoms with Gasteiger partial charge >= 0.3 is 0 Å². The van der Waals surface area contributed by atoms with E-state index in [2.05, 4.69) is 15.1 Å². The minimum Gasteiger partial charge on any atom is -0.492 e. The van der Waals surface area contributed by atoms with Crippen LogP contribution in [0.2, 0.25) is 0 Å². The fraction of sp³-hybridized carbons (Fsp3) is 0.429. The third kappa shape index (κ3) is 6.80. The molecule has 1 saturated carbocycles. The molecule has 0 spiro atoms. The fourth-order valence-electron chi connectivity index (χ4n) is 4.52. The molecule has 2 heterocycles. The average Bonchev–Trinajstić information content (AvgIpc) is 3.64. The van der Waals surface area contributed by atoms with Crippen molar-refractivity contribution in [3.63, 3.8) is 0 Å². The van der Waals surface area contributed by atoms with Gasteiger partial charge in [-0.1, -0.05) is 0 Å². The second-order valence-corrected chi connectivity index (χ2v) is 10.7. The number of nitrogens with one attached hydrogen (secondary N) is 1. The van der Waals surface area contributed by atoms with E-state index < -0.39 is 5.91 Å². The van der Waals surface area contributed by atoms with Crippen LogP contribution in [0.4, 0.5) is 10.8 Å². The maximum Gasteiger partial charge on any atom is 0.248 e. The number of hydrogen-bond donors (Lipinski definition) is 2. The predicted molar refractivity (Wildman–Crippen MR) is 148 cm³/mol. The molecule has 3 aromatic rings. The summed E-state index contributed by atoms with van der Waals surface area (Å²) in [5.74, 6) is 1.02. The minimum absolute atomic E-state index is 0.00916. The van der Waals surface area contributed by atoms with Crippen LogP contribution in [0.3, 0.4) is 0 Å². The number of thiazole rings is 1. The van der Waals surface area contributed by atoms with Crippen LogP contribution in [0.25, 0.3) is 11.3 Å². The number of piperazine rings is 1. The van der Waals surface area contributed by atoms with Gasteiger partial charge in [-0.3, -0.25) is 14.6 Å². The number of anilines is 2. The number of benzene rings is 2. The molecule has 5 rings (SSSR count). The summed E-state index contributed by atoms with van der Waals surface area (Å²) in [6.07, 6.45) is 2.76. The smallest absolute Gasteiger partial charge is 0.248 e. The molecule has 37 heavy (non-hydrogen) atoms. The van der Waals surface area contributed by atoms with Crippen LogP contribution >= 0.6 is 11.3 Å². The number of carbonyl (C=O) groups excluding carboxylic acids is 1. The number of aromatic nitrogens is 1. The lowest BCUT2D eigenvalue weighted by molar-refractivity contribution is 0.1000. The molecule has 0 radical (unpaired) electrons. The van der Waals surface area contributed by atoms with Crippen LogP contribution in [0.5, 0.6) is 11.5 Å². The second kappa shape index (κ2) is 11.5. The molecule has 3 N–H and O–H groups in total. The molecule has 2 aliphatic rings. The van der Waals surface area contributed by atoms with E-state index in [0.717, 1.165) is 42.7 Å². The number of nitrogens with two attached hydrogens (primary N) is 1. The molecule has 0 atom stereocenters. The molecule has 1 saturated heterocycles. The molecule has 1 aliphatic carbocycles. The molecule has 0 unspecified atom stereocenters. The first-order chi connectivity index (χ1) is 17.9. The molecule has 196 valence electrons. The van der Waals surface area contributed by atoms with Crippen LogP contribution < -0.4 is 20.5 Å². The van der Waals surface area contributed by atoms with Gasteiger partial charge in [-0.15, -0.1) is 11.3 Å². The lowest BCUT2D eigenvalue weighted by Gasteiger charge is -2.34. The SMILES string of the molecule is CC(C)Oc1ccc(C(N)=O)cc1Nc1nc(-c2ccc(OCCN3CCN(C4CC4)CC3)cc2)cs1. The van der Waals surface area contributed by atoms with Gasteiger partial charge in [0.25, 0.3) is 0 Å². The number of primary amides is 1. The molecule has 1 amide bonds. The van der Waals surface area contributed by atoms with Crippen molar-refractivity contribution in [2.24, 2.45) is 5.73 Å². The normalized spacial score (nSPS) is 16.6. The van der Waals surface area contributed by atoms with E-state index >= 15 is 0 Å².